The first-order valence-corrected chi connectivity index (χ1v) is 5.11. The number of ether oxygens (including phenoxy) is 2. The van der Waals surface area contributed by atoms with Crippen LogP contribution in [0.25, 0.3) is 0 Å². The van der Waals surface area contributed by atoms with Crippen LogP contribution >= 0.6 is 0 Å². The van der Waals surface area contributed by atoms with Gasteiger partial charge in [-0.1, -0.05) is 0 Å². The summed E-state index contributed by atoms with van der Waals surface area (Å²) < 4.78 is 10.5. The molecule has 0 saturated heterocycles. The van der Waals surface area contributed by atoms with Crippen LogP contribution in [0.4, 0.5) is 5.69 Å². The molecule has 1 aromatic carbocycles. The number of Topliss-reactive ketones (excluding diaryl/α,β-unsaturated/α-hetero) is 1. The Hall–Kier alpha value is -2.11. The number of hydrogen-bond donors (Lipinski definition) is 0. The molecule has 1 fully saturated rings. The maximum Gasteiger partial charge on any atom is 0.273 e. The number of methoxy groups -OCH3 is 1. The van der Waals surface area contributed by atoms with Crippen molar-refractivity contribution in [2.45, 2.75) is 18.9 Å². The molecule has 1 aliphatic carbocycles. The van der Waals surface area contributed by atoms with Gasteiger partial charge in [-0.05, 0) is 6.07 Å². The molecule has 0 spiro atoms. The van der Waals surface area contributed by atoms with Gasteiger partial charge < -0.3 is 9.47 Å². The molecule has 0 heterocycles. The second-order valence-corrected chi connectivity index (χ2v) is 3.78. The number of nitro benzene ring substituents is 1. The van der Waals surface area contributed by atoms with Gasteiger partial charge in [0.05, 0.1) is 18.1 Å². The lowest BCUT2D eigenvalue weighted by Gasteiger charge is -2.25. The first kappa shape index (κ1) is 11.4. The van der Waals surface area contributed by atoms with Crippen LogP contribution in [0.3, 0.4) is 0 Å². The molecule has 1 saturated carbocycles. The monoisotopic (exact) mass is 237 g/mol. The van der Waals surface area contributed by atoms with Gasteiger partial charge in [-0.3, -0.25) is 14.9 Å². The minimum atomic E-state index is -0.501. The molecule has 0 bridgehead atoms. The van der Waals surface area contributed by atoms with E-state index in [9.17, 15) is 14.9 Å². The van der Waals surface area contributed by atoms with Gasteiger partial charge in [-0.2, -0.15) is 0 Å². The Morgan fingerprint density at radius 2 is 2.06 bits per heavy atom. The van der Waals surface area contributed by atoms with Crippen LogP contribution in [-0.4, -0.2) is 23.9 Å². The van der Waals surface area contributed by atoms with Crippen LogP contribution in [0.2, 0.25) is 0 Å². The molecule has 6 nitrogen and oxygen atoms in total. The number of carbonyl (C=O) groups is 1. The molecule has 0 unspecified atom stereocenters. The first-order valence-electron chi connectivity index (χ1n) is 5.11. The molecule has 0 atom stereocenters. The first-order chi connectivity index (χ1) is 8.10. The van der Waals surface area contributed by atoms with Gasteiger partial charge in [-0.15, -0.1) is 0 Å². The highest BCUT2D eigenvalue weighted by Crippen LogP contribution is 2.34. The van der Waals surface area contributed by atoms with Crippen molar-refractivity contribution in [3.8, 4) is 11.5 Å². The second kappa shape index (κ2) is 4.40. The van der Waals surface area contributed by atoms with E-state index in [4.69, 9.17) is 9.47 Å². The van der Waals surface area contributed by atoms with Crippen molar-refractivity contribution >= 4 is 11.5 Å². The quantitative estimate of drug-likeness (QED) is 0.588. The molecule has 0 radical (unpaired) electrons. The molecule has 1 aromatic rings. The van der Waals surface area contributed by atoms with Crippen LogP contribution in [0, 0.1) is 10.1 Å². The van der Waals surface area contributed by atoms with Gasteiger partial charge in [-0.25, -0.2) is 0 Å². The fraction of sp³-hybridized carbons (Fsp3) is 0.364. The van der Waals surface area contributed by atoms with Gasteiger partial charge >= 0.3 is 0 Å². The standard InChI is InChI=1S/C11H11NO5/c1-16-11-4-7(12(14)15)2-3-10(11)17-9-5-8(13)6-9/h2-4,9H,5-6H2,1H3. The van der Waals surface area contributed by atoms with Gasteiger partial charge in [0.25, 0.3) is 5.69 Å². The lowest BCUT2D eigenvalue weighted by atomic mass is 9.94. The fourth-order valence-electron chi connectivity index (χ4n) is 1.58. The molecule has 17 heavy (non-hydrogen) atoms. The maximum absolute atomic E-state index is 10.8. The third-order valence-electron chi connectivity index (χ3n) is 2.56. The third kappa shape index (κ3) is 2.35. The summed E-state index contributed by atoms with van der Waals surface area (Å²) in [6, 6.07) is 4.13. The van der Waals surface area contributed by atoms with Crippen molar-refractivity contribution in [2.75, 3.05) is 7.11 Å². The van der Waals surface area contributed by atoms with E-state index >= 15 is 0 Å². The summed E-state index contributed by atoms with van der Waals surface area (Å²) in [7, 11) is 1.41. The van der Waals surface area contributed by atoms with Crippen molar-refractivity contribution < 1.29 is 19.2 Å². The van der Waals surface area contributed by atoms with E-state index in [2.05, 4.69) is 0 Å². The molecule has 0 amide bonds. The number of non-ortho nitro benzene ring substituents is 1. The summed E-state index contributed by atoms with van der Waals surface area (Å²) in [5.41, 5.74) is -0.0566. The van der Waals surface area contributed by atoms with E-state index in [0.29, 0.717) is 24.3 Å². The van der Waals surface area contributed by atoms with Gasteiger partial charge in [0.1, 0.15) is 11.9 Å². The van der Waals surface area contributed by atoms with Crippen LogP contribution < -0.4 is 9.47 Å². The number of benzene rings is 1. The molecular formula is C11H11NO5. The predicted molar refractivity (Wildman–Crippen MR) is 58.3 cm³/mol. The lowest BCUT2D eigenvalue weighted by Crippen LogP contribution is -2.33. The molecular weight excluding hydrogens is 226 g/mol. The van der Waals surface area contributed by atoms with Gasteiger partial charge in [0.15, 0.2) is 11.5 Å². The average Bonchev–Trinajstić information content (AvgIpc) is 2.27. The molecule has 0 aromatic heterocycles. The number of nitro groups is 1. The normalized spacial score (nSPS) is 15.2. The minimum absolute atomic E-state index is 0.0566. The number of hydrogen-bond acceptors (Lipinski definition) is 5. The Kier molecular flexibility index (Phi) is 2.95. The average molecular weight is 237 g/mol. The molecule has 6 heteroatoms. The van der Waals surface area contributed by atoms with Crippen LogP contribution in [0.1, 0.15) is 12.8 Å². The van der Waals surface area contributed by atoms with E-state index < -0.39 is 4.92 Å². The highest BCUT2D eigenvalue weighted by molar-refractivity contribution is 5.85. The smallest absolute Gasteiger partial charge is 0.273 e. The summed E-state index contributed by atoms with van der Waals surface area (Å²) in [4.78, 5) is 20.9. The van der Waals surface area contributed by atoms with Crippen molar-refractivity contribution in [1.29, 1.82) is 0 Å². The number of ketones is 1. The Labute approximate surface area is 97.3 Å². The summed E-state index contributed by atoms with van der Waals surface area (Å²) in [6.45, 7) is 0. The van der Waals surface area contributed by atoms with Crippen LogP contribution in [-0.2, 0) is 4.79 Å². The Morgan fingerprint density at radius 3 is 2.59 bits per heavy atom. The highest BCUT2D eigenvalue weighted by atomic mass is 16.6. The number of carbonyl (C=O) groups excluding carboxylic acids is 1. The zero-order valence-electron chi connectivity index (χ0n) is 9.21. The van der Waals surface area contributed by atoms with E-state index in [-0.39, 0.29) is 17.6 Å². The SMILES string of the molecule is COc1cc([N+](=O)[O-])ccc1OC1CC(=O)C1. The fourth-order valence-corrected chi connectivity index (χ4v) is 1.58. The lowest BCUT2D eigenvalue weighted by molar-refractivity contribution is -0.385. The Morgan fingerprint density at radius 1 is 1.35 bits per heavy atom. The topological polar surface area (TPSA) is 78.7 Å². The van der Waals surface area contributed by atoms with Crippen molar-refractivity contribution in [3.63, 3.8) is 0 Å². The molecule has 1 aliphatic rings. The van der Waals surface area contributed by atoms with E-state index in [0.717, 1.165) is 0 Å². The van der Waals surface area contributed by atoms with E-state index in [1.54, 1.807) is 0 Å². The zero-order valence-corrected chi connectivity index (χ0v) is 9.21. The predicted octanol–water partition coefficient (Wildman–Crippen LogP) is 1.71. The van der Waals surface area contributed by atoms with Crippen LogP contribution in [0.15, 0.2) is 18.2 Å². The Balaban J connectivity index is 2.16. The highest BCUT2D eigenvalue weighted by Gasteiger charge is 2.29. The molecule has 2 rings (SSSR count). The largest absolute Gasteiger partial charge is 0.493 e. The summed E-state index contributed by atoms with van der Waals surface area (Å²) in [5.74, 6) is 0.894. The van der Waals surface area contributed by atoms with Crippen molar-refractivity contribution in [3.05, 3.63) is 28.3 Å². The zero-order chi connectivity index (χ0) is 12.4. The summed E-state index contributed by atoms with van der Waals surface area (Å²) in [6.07, 6.45) is 0.637. The summed E-state index contributed by atoms with van der Waals surface area (Å²) in [5, 5.41) is 10.6. The third-order valence-corrected chi connectivity index (χ3v) is 2.56. The Bertz CT molecular complexity index is 463. The number of nitrogens with zero attached hydrogens (tertiary/aromatic N) is 1. The molecule has 90 valence electrons. The number of rotatable bonds is 4. The maximum atomic E-state index is 10.8. The van der Waals surface area contributed by atoms with Crippen molar-refractivity contribution in [1.82, 2.24) is 0 Å². The summed E-state index contributed by atoms with van der Waals surface area (Å²) >= 11 is 0. The molecule has 0 N–H and O–H groups in total. The minimum Gasteiger partial charge on any atom is -0.493 e. The van der Waals surface area contributed by atoms with Crippen molar-refractivity contribution in [2.24, 2.45) is 0 Å². The van der Waals surface area contributed by atoms with Crippen LogP contribution in [0.5, 0.6) is 11.5 Å². The molecule has 0 aliphatic heterocycles. The van der Waals surface area contributed by atoms with E-state index in [1.807, 2.05) is 0 Å². The van der Waals surface area contributed by atoms with Gasteiger partial charge in [0, 0.05) is 18.9 Å². The van der Waals surface area contributed by atoms with E-state index in [1.165, 1.54) is 25.3 Å². The van der Waals surface area contributed by atoms with Gasteiger partial charge in [0.2, 0.25) is 0 Å². The second-order valence-electron chi connectivity index (χ2n) is 3.78.